The number of nitrogens with one attached hydrogen (secondary N) is 1. The van der Waals surface area contributed by atoms with Crippen LogP contribution in [0.2, 0.25) is 0 Å². The number of ether oxygens (including phenoxy) is 1. The van der Waals surface area contributed by atoms with E-state index >= 15 is 0 Å². The number of hydrogen-bond donors (Lipinski definition) is 1. The molecule has 1 saturated heterocycles. The van der Waals surface area contributed by atoms with Gasteiger partial charge in [-0.05, 0) is 68.5 Å². The van der Waals surface area contributed by atoms with E-state index < -0.39 is 0 Å². The molecule has 1 aromatic heterocycles. The Kier molecular flexibility index (Phi) is 4.76. The second-order valence-electron chi connectivity index (χ2n) is 7.61. The highest BCUT2D eigenvalue weighted by atomic mass is 32.1. The van der Waals surface area contributed by atoms with Crippen molar-refractivity contribution in [1.29, 1.82) is 0 Å². The summed E-state index contributed by atoms with van der Waals surface area (Å²) in [7, 11) is 0. The Bertz CT molecular complexity index is 776. The minimum atomic E-state index is 0.118. The average molecular weight is 371 g/mol. The molecule has 2 heterocycles. The number of amides is 1. The van der Waals surface area contributed by atoms with Gasteiger partial charge in [0.1, 0.15) is 0 Å². The van der Waals surface area contributed by atoms with Crippen LogP contribution >= 0.6 is 11.3 Å². The fourth-order valence-electron chi connectivity index (χ4n) is 3.92. The third-order valence-corrected chi connectivity index (χ3v) is 6.44. The van der Waals surface area contributed by atoms with Crippen LogP contribution in [0.25, 0.3) is 0 Å². The smallest absolute Gasteiger partial charge is 0.228 e. The quantitative estimate of drug-likeness (QED) is 0.867. The molecule has 2 fully saturated rings. The van der Waals surface area contributed by atoms with Gasteiger partial charge in [-0.15, -0.1) is 11.3 Å². The molecular formula is C21H26N2O2S. The van der Waals surface area contributed by atoms with Crippen LogP contribution in [-0.2, 0) is 9.53 Å². The van der Waals surface area contributed by atoms with E-state index in [-0.39, 0.29) is 24.0 Å². The number of benzene rings is 1. The standard InChI is InChI=1S/C21H26N2O2S/c1-13-8-9-26-20(13)18-10-19(18)21(24)22-16-4-6-17(7-5-16)23-11-14(2)25-15(3)12-23/h4-9,14-15,18-19H,10-12H2,1-3H3,(H,22,24)/t14-,15+,18-,19-/m1/s1. The van der Waals surface area contributed by atoms with Crippen molar-refractivity contribution in [2.75, 3.05) is 23.3 Å². The fourth-order valence-corrected chi connectivity index (χ4v) is 5.03. The molecule has 2 aromatic rings. The van der Waals surface area contributed by atoms with Gasteiger partial charge < -0.3 is 15.0 Å². The number of carbonyl (C=O) groups excluding carboxylic acids is 1. The van der Waals surface area contributed by atoms with Gasteiger partial charge in [0.15, 0.2) is 0 Å². The number of carbonyl (C=O) groups is 1. The van der Waals surface area contributed by atoms with Crippen LogP contribution in [0.5, 0.6) is 0 Å². The molecule has 1 saturated carbocycles. The summed E-state index contributed by atoms with van der Waals surface area (Å²) in [4.78, 5) is 16.3. The van der Waals surface area contributed by atoms with Crippen molar-refractivity contribution in [3.63, 3.8) is 0 Å². The van der Waals surface area contributed by atoms with Gasteiger partial charge in [-0.1, -0.05) is 0 Å². The fraction of sp³-hybridized carbons (Fsp3) is 0.476. The molecule has 4 nitrogen and oxygen atoms in total. The molecule has 1 aliphatic heterocycles. The Hall–Kier alpha value is -1.85. The highest BCUT2D eigenvalue weighted by molar-refractivity contribution is 7.10. The van der Waals surface area contributed by atoms with Crippen LogP contribution in [0.4, 0.5) is 11.4 Å². The molecule has 1 aromatic carbocycles. The zero-order valence-electron chi connectivity index (χ0n) is 15.6. The van der Waals surface area contributed by atoms with Gasteiger partial charge in [0, 0.05) is 41.2 Å². The first-order chi connectivity index (χ1) is 12.5. The largest absolute Gasteiger partial charge is 0.372 e. The van der Waals surface area contributed by atoms with E-state index in [1.165, 1.54) is 16.1 Å². The van der Waals surface area contributed by atoms with E-state index in [0.717, 1.165) is 25.2 Å². The van der Waals surface area contributed by atoms with Gasteiger partial charge in [-0.25, -0.2) is 0 Å². The summed E-state index contributed by atoms with van der Waals surface area (Å²) < 4.78 is 5.80. The molecule has 0 radical (unpaired) electrons. The normalized spacial score (nSPS) is 28.0. The van der Waals surface area contributed by atoms with Crippen LogP contribution in [-0.4, -0.2) is 31.2 Å². The van der Waals surface area contributed by atoms with Crippen molar-refractivity contribution in [2.24, 2.45) is 5.92 Å². The minimum absolute atomic E-state index is 0.118. The van der Waals surface area contributed by atoms with Crippen molar-refractivity contribution < 1.29 is 9.53 Å². The number of hydrogen-bond acceptors (Lipinski definition) is 4. The first-order valence-corrected chi connectivity index (χ1v) is 10.2. The number of nitrogens with zero attached hydrogens (tertiary/aromatic N) is 1. The second-order valence-corrected chi connectivity index (χ2v) is 8.56. The topological polar surface area (TPSA) is 41.6 Å². The Morgan fingerprint density at radius 1 is 1.15 bits per heavy atom. The molecule has 4 atom stereocenters. The Morgan fingerprint density at radius 2 is 1.85 bits per heavy atom. The monoisotopic (exact) mass is 370 g/mol. The summed E-state index contributed by atoms with van der Waals surface area (Å²) in [5, 5.41) is 5.20. The Labute approximate surface area is 159 Å². The third kappa shape index (κ3) is 3.64. The van der Waals surface area contributed by atoms with Gasteiger partial charge in [0.05, 0.1) is 12.2 Å². The molecule has 0 unspecified atom stereocenters. The van der Waals surface area contributed by atoms with Crippen LogP contribution < -0.4 is 10.2 Å². The lowest BCUT2D eigenvalue weighted by Gasteiger charge is -2.36. The second kappa shape index (κ2) is 7.05. The number of rotatable bonds is 4. The Balaban J connectivity index is 1.36. The van der Waals surface area contributed by atoms with Crippen LogP contribution in [0, 0.1) is 12.8 Å². The van der Waals surface area contributed by atoms with Crippen molar-refractivity contribution in [2.45, 2.75) is 45.3 Å². The SMILES string of the molecule is Cc1ccsc1[C@@H]1C[C@H]1C(=O)Nc1ccc(N2C[C@@H](C)O[C@@H](C)C2)cc1. The molecule has 1 amide bonds. The van der Waals surface area contributed by atoms with E-state index in [1.54, 1.807) is 11.3 Å². The summed E-state index contributed by atoms with van der Waals surface area (Å²) in [6.45, 7) is 8.16. The van der Waals surface area contributed by atoms with Gasteiger partial charge in [-0.3, -0.25) is 4.79 Å². The molecule has 5 heteroatoms. The van der Waals surface area contributed by atoms with E-state index in [0.29, 0.717) is 5.92 Å². The van der Waals surface area contributed by atoms with Gasteiger partial charge in [0.2, 0.25) is 5.91 Å². The zero-order valence-corrected chi connectivity index (χ0v) is 16.4. The lowest BCUT2D eigenvalue weighted by atomic mass is 10.1. The average Bonchev–Trinajstić information content (AvgIpc) is 3.29. The maximum Gasteiger partial charge on any atom is 0.228 e. The number of anilines is 2. The van der Waals surface area contributed by atoms with E-state index in [1.807, 2.05) is 12.1 Å². The maximum absolute atomic E-state index is 12.5. The van der Waals surface area contributed by atoms with Crippen molar-refractivity contribution >= 4 is 28.6 Å². The molecule has 1 N–H and O–H groups in total. The summed E-state index contributed by atoms with van der Waals surface area (Å²) >= 11 is 1.77. The highest BCUT2D eigenvalue weighted by Gasteiger charge is 2.45. The third-order valence-electron chi connectivity index (χ3n) is 5.29. The molecule has 138 valence electrons. The Morgan fingerprint density at radius 3 is 2.46 bits per heavy atom. The van der Waals surface area contributed by atoms with Crippen molar-refractivity contribution in [3.05, 3.63) is 46.2 Å². The number of thiophene rings is 1. The van der Waals surface area contributed by atoms with E-state index in [2.05, 4.69) is 54.6 Å². The van der Waals surface area contributed by atoms with E-state index in [4.69, 9.17) is 4.74 Å². The highest BCUT2D eigenvalue weighted by Crippen LogP contribution is 2.50. The maximum atomic E-state index is 12.5. The lowest BCUT2D eigenvalue weighted by molar-refractivity contribution is -0.117. The van der Waals surface area contributed by atoms with Gasteiger partial charge in [-0.2, -0.15) is 0 Å². The predicted octanol–water partition coefficient (Wildman–Crippen LogP) is 4.41. The molecule has 0 bridgehead atoms. The van der Waals surface area contributed by atoms with Crippen molar-refractivity contribution in [1.82, 2.24) is 0 Å². The zero-order chi connectivity index (χ0) is 18.3. The molecule has 2 aliphatic rings. The summed E-state index contributed by atoms with van der Waals surface area (Å²) in [5.74, 6) is 0.669. The molecule has 1 aliphatic carbocycles. The molecule has 26 heavy (non-hydrogen) atoms. The minimum Gasteiger partial charge on any atom is -0.372 e. The molecular weight excluding hydrogens is 344 g/mol. The number of aryl methyl sites for hydroxylation is 1. The molecule has 4 rings (SSSR count). The lowest BCUT2D eigenvalue weighted by Crippen LogP contribution is -2.45. The van der Waals surface area contributed by atoms with E-state index in [9.17, 15) is 4.79 Å². The van der Waals surface area contributed by atoms with Crippen LogP contribution in [0.15, 0.2) is 35.7 Å². The van der Waals surface area contributed by atoms with Crippen molar-refractivity contribution in [3.8, 4) is 0 Å². The number of morpholine rings is 1. The van der Waals surface area contributed by atoms with Crippen LogP contribution in [0.1, 0.15) is 36.6 Å². The summed E-state index contributed by atoms with van der Waals surface area (Å²) in [6.07, 6.45) is 1.45. The van der Waals surface area contributed by atoms with Gasteiger partial charge in [0.25, 0.3) is 0 Å². The summed E-state index contributed by atoms with van der Waals surface area (Å²) in [5.41, 5.74) is 3.37. The van der Waals surface area contributed by atoms with Gasteiger partial charge >= 0.3 is 0 Å². The first-order valence-electron chi connectivity index (χ1n) is 9.36. The molecule has 0 spiro atoms. The van der Waals surface area contributed by atoms with Crippen LogP contribution in [0.3, 0.4) is 0 Å². The predicted molar refractivity (Wildman–Crippen MR) is 107 cm³/mol. The summed E-state index contributed by atoms with van der Waals surface area (Å²) in [6, 6.07) is 10.3. The first kappa shape index (κ1) is 17.6.